The van der Waals surface area contributed by atoms with Crippen LogP contribution in [0.2, 0.25) is 0 Å². The van der Waals surface area contributed by atoms with Crippen LogP contribution in [-0.4, -0.2) is 37.8 Å². The van der Waals surface area contributed by atoms with E-state index in [1.54, 1.807) is 35.2 Å². The molecule has 3 heterocycles. The standard InChI is InChI=1S/C104H6.C29H30N2O4/c1-3-5-7-9-11-13-15-17-19-21-23-25-27-29-31-33-35-37-39-41-43-45-47-49-51-53-55-57-59-61-63-65-67-69-71-73-75-77-79-81-83-85-87-89-91-93-95-97-99-101-103-104-102-100-98-96-94-92-90-88-86-84-82-80-78-76-74-72-70-68-66-64-62-60-58-56-54-52-50-48-46-44-42-40-38-36-34-32-30-28-26-24-22-20-18-16-14-12-10-8-6-4-2;1-32-20-8-9-24-22(13-20)23-14-26-21-15-28(34-3)29(35-17-19-6-4-5-7-27(19)33-2)12-18(21)10-11-31(26)16-25(23)30-24/h1-2H3;4-9,12-13,15,26,30H,10-11,14,16-17H2,1-3H3. The molecule has 1 N–H and O–H groups in total. The van der Waals surface area contributed by atoms with Crippen molar-refractivity contribution in [1.29, 1.82) is 0 Å². The van der Waals surface area contributed by atoms with Crippen molar-refractivity contribution < 1.29 is 18.9 Å². The van der Waals surface area contributed by atoms with E-state index in [1.165, 1.54) is 33.3 Å². The van der Waals surface area contributed by atoms with Gasteiger partial charge in [-0.05, 0) is 175 Å². The van der Waals surface area contributed by atoms with Crippen LogP contribution in [0, 0.1) is 604 Å². The van der Waals surface area contributed by atoms with Crippen LogP contribution in [0.1, 0.15) is 47.8 Å². The molecule has 0 spiro atoms. The molecule has 0 radical (unpaired) electrons. The fraction of sp³-hybridized carbons (Fsp3) is 0.0827. The highest BCUT2D eigenvalue weighted by molar-refractivity contribution is 5.86. The largest absolute Gasteiger partial charge is 0.497 e. The molecule has 2 aliphatic rings. The second kappa shape index (κ2) is 76.8. The number of aromatic nitrogens is 1. The minimum atomic E-state index is 0.314. The third-order valence-corrected chi connectivity index (χ3v) is 13.9. The van der Waals surface area contributed by atoms with Gasteiger partial charge in [-0.15, -0.1) is 0 Å². The van der Waals surface area contributed by atoms with Crippen LogP contribution < -0.4 is 18.9 Å². The summed E-state index contributed by atoms with van der Waals surface area (Å²) in [5.74, 6) is 259. The first-order valence-corrected chi connectivity index (χ1v) is 38.3. The van der Waals surface area contributed by atoms with Crippen LogP contribution in [0.3, 0.4) is 0 Å². The third kappa shape index (κ3) is 53.5. The summed E-state index contributed by atoms with van der Waals surface area (Å²) in [7, 11) is 5.12. The Bertz CT molecular complexity index is 9110. The van der Waals surface area contributed by atoms with E-state index in [9.17, 15) is 0 Å². The molecule has 0 saturated carbocycles. The number of fused-ring (bicyclic) bond motifs is 6. The molecular weight excluding hydrogens is 1690 g/mol. The number of ether oxygens (including phenoxy) is 4. The number of nitrogens with one attached hydrogen (secondary N) is 1. The van der Waals surface area contributed by atoms with Gasteiger partial charge in [-0.25, -0.2) is 0 Å². The maximum Gasteiger partial charge on any atom is 0.161 e. The summed E-state index contributed by atoms with van der Waals surface area (Å²) in [6.07, 6.45) is 1.95. The zero-order valence-corrected chi connectivity index (χ0v) is 73.4. The van der Waals surface area contributed by atoms with Crippen LogP contribution in [-0.2, 0) is 26.0 Å². The number of methoxy groups -OCH3 is 3. The fourth-order valence-corrected chi connectivity index (χ4v) is 8.80. The highest BCUT2D eigenvalue weighted by Gasteiger charge is 2.35. The molecule has 4 aromatic rings. The molecule has 6 nitrogen and oxygen atoms in total. The highest BCUT2D eigenvalue weighted by atomic mass is 16.5. The maximum atomic E-state index is 6.25. The molecule has 1 atom stereocenters. The molecule has 0 fully saturated rings. The summed E-state index contributed by atoms with van der Waals surface area (Å²) in [5.41, 5.74) is 7.56. The molecule has 139 heavy (non-hydrogen) atoms. The molecule has 3 aromatic carbocycles. The number of rotatable bonds is 6. The summed E-state index contributed by atoms with van der Waals surface area (Å²) in [6.45, 7) is 5.73. The minimum absolute atomic E-state index is 0.314. The molecule has 0 aliphatic carbocycles. The maximum absolute atomic E-state index is 6.25. The van der Waals surface area contributed by atoms with Crippen LogP contribution in [0.25, 0.3) is 10.9 Å². The summed E-state index contributed by atoms with van der Waals surface area (Å²) in [4.78, 5) is 6.22. The Kier molecular flexibility index (Phi) is 57.2. The van der Waals surface area contributed by atoms with Crippen molar-refractivity contribution in [3.8, 4) is 627 Å². The van der Waals surface area contributed by atoms with Crippen LogP contribution in [0.5, 0.6) is 23.0 Å². The molecule has 0 bridgehead atoms. The Hall–Kier alpha value is -26.1. The van der Waals surface area contributed by atoms with Crippen LogP contribution in [0.15, 0.2) is 54.6 Å². The second-order valence-corrected chi connectivity index (χ2v) is 22.2. The van der Waals surface area contributed by atoms with Crippen LogP contribution in [0.4, 0.5) is 0 Å². The van der Waals surface area contributed by atoms with Crippen molar-refractivity contribution in [3.05, 3.63) is 82.5 Å². The van der Waals surface area contributed by atoms with Gasteiger partial charge in [-0.3, -0.25) is 4.90 Å². The Labute approximate surface area is 817 Å². The number of aromatic amines is 1. The number of nitrogens with zero attached hydrogens (tertiary/aromatic N) is 1. The number of H-pyrrole nitrogens is 1. The summed E-state index contributed by atoms with van der Waals surface area (Å²) in [6, 6.07) is 18.9. The Morgan fingerprint density at radius 1 is 0.259 bits per heavy atom. The molecule has 1 unspecified atom stereocenters. The summed E-state index contributed by atoms with van der Waals surface area (Å²) in [5, 5.41) is 1.26. The molecule has 6 heteroatoms. The predicted octanol–water partition coefficient (Wildman–Crippen LogP) is 6.63. The lowest BCUT2D eigenvalue weighted by Gasteiger charge is -2.40. The minimum Gasteiger partial charge on any atom is -0.497 e. The normalized spacial score (nSPS) is 7.22. The zero-order valence-electron chi connectivity index (χ0n) is 73.4. The van der Waals surface area contributed by atoms with Gasteiger partial charge >= 0.3 is 0 Å². The van der Waals surface area contributed by atoms with E-state index >= 15 is 0 Å². The van der Waals surface area contributed by atoms with Crippen molar-refractivity contribution >= 4 is 10.9 Å². The Morgan fingerprint density at radius 3 is 0.727 bits per heavy atom. The average molecular weight is 1730 g/mol. The van der Waals surface area contributed by atoms with Gasteiger partial charge in [-0.1, -0.05) is 30.0 Å². The molecule has 0 saturated heterocycles. The number of benzene rings is 3. The SMILES string of the molecule is CC#CC#CC#CC#CC#CC#CC#CC#CC#CC#CC#CC#CC#CC#CC#CC#CC#CC#CC#CC#CC#CC#CC#CC#CC#CC#CC#CC#CC#CC#CC#CC#CC#CC#CC#CC#CC#CC#CC#CC#CC#CC#CC#CC#CC#CC#CC#CC#CC#CC#CC#CC.COc1ccc2[nH]c3c(c2c1)CC1c2cc(OC)c(OCc4ccccc4OC)cc2CCN1C3. The number of para-hydroxylation sites is 1. The van der Waals surface area contributed by atoms with Crippen molar-refractivity contribution in [1.82, 2.24) is 9.88 Å². The van der Waals surface area contributed by atoms with Gasteiger partial charge in [0.05, 0.1) is 21.3 Å². The summed E-state index contributed by atoms with van der Waals surface area (Å²) < 4.78 is 23.0. The van der Waals surface area contributed by atoms with Gasteiger partial charge in [0, 0.05) is 539 Å². The topological polar surface area (TPSA) is 56.0 Å². The summed E-state index contributed by atoms with van der Waals surface area (Å²) >= 11 is 0. The lowest BCUT2D eigenvalue weighted by atomic mass is 9.85. The average Bonchev–Trinajstić information content (AvgIpc) is 1.64. The lowest BCUT2D eigenvalue weighted by Crippen LogP contribution is -2.39. The molecule has 1 aromatic heterocycles. The fourth-order valence-electron chi connectivity index (χ4n) is 8.80. The number of hydrogen-bond donors (Lipinski definition) is 1. The van der Waals surface area contributed by atoms with Crippen molar-refractivity contribution in [3.63, 3.8) is 0 Å². The highest BCUT2D eigenvalue weighted by Crippen LogP contribution is 2.44. The Balaban J connectivity index is 0.000000793. The van der Waals surface area contributed by atoms with E-state index in [-0.39, 0.29) is 0 Å². The third-order valence-electron chi connectivity index (χ3n) is 13.9. The first kappa shape index (κ1) is 103. The van der Waals surface area contributed by atoms with E-state index in [0.29, 0.717) is 12.6 Å². The van der Waals surface area contributed by atoms with Gasteiger partial charge in [0.2, 0.25) is 0 Å². The molecule has 602 valence electrons. The molecule has 2 aliphatic heterocycles. The van der Waals surface area contributed by atoms with Crippen molar-refractivity contribution in [2.45, 2.75) is 45.9 Å². The zero-order chi connectivity index (χ0) is 98.1. The van der Waals surface area contributed by atoms with Gasteiger partial charge in [0.15, 0.2) is 11.5 Å². The number of hydrogen-bond acceptors (Lipinski definition) is 5. The van der Waals surface area contributed by atoms with Crippen LogP contribution >= 0.6 is 0 Å². The Morgan fingerprint density at radius 2 is 0.496 bits per heavy atom. The monoisotopic (exact) mass is 1720 g/mol. The first-order chi connectivity index (χ1) is 69.1. The van der Waals surface area contributed by atoms with Crippen molar-refractivity contribution in [2.75, 3.05) is 27.9 Å². The van der Waals surface area contributed by atoms with Gasteiger partial charge < -0.3 is 23.9 Å². The molecular formula is C133H36N2O4. The first-order valence-electron chi connectivity index (χ1n) is 38.3. The second-order valence-electron chi connectivity index (χ2n) is 22.2. The molecule has 6 rings (SSSR count). The predicted molar refractivity (Wildman–Crippen MR) is 544 cm³/mol. The van der Waals surface area contributed by atoms with E-state index in [2.05, 4.69) is 638 Å². The van der Waals surface area contributed by atoms with E-state index in [4.69, 9.17) is 18.9 Å². The van der Waals surface area contributed by atoms with E-state index in [0.717, 1.165) is 54.5 Å². The lowest BCUT2D eigenvalue weighted by molar-refractivity contribution is 0.158. The smallest absolute Gasteiger partial charge is 0.161 e. The van der Waals surface area contributed by atoms with Crippen molar-refractivity contribution in [2.24, 2.45) is 0 Å². The van der Waals surface area contributed by atoms with Gasteiger partial charge in [0.1, 0.15) is 18.1 Å². The quantitative estimate of drug-likeness (QED) is 0.220. The van der Waals surface area contributed by atoms with Gasteiger partial charge in [-0.2, -0.15) is 0 Å². The van der Waals surface area contributed by atoms with E-state index in [1.807, 2.05) is 30.3 Å². The van der Waals surface area contributed by atoms with Gasteiger partial charge in [0.25, 0.3) is 0 Å². The van der Waals surface area contributed by atoms with E-state index < -0.39 is 0 Å². The molecule has 0 amide bonds.